The van der Waals surface area contributed by atoms with Crippen LogP contribution in [0.3, 0.4) is 0 Å². The van der Waals surface area contributed by atoms with Crippen LogP contribution in [0, 0.1) is 5.92 Å². The molecule has 0 unspecified atom stereocenters. The average molecular weight is 230 g/mol. The second kappa shape index (κ2) is 5.90. The van der Waals surface area contributed by atoms with E-state index in [-0.39, 0.29) is 0 Å². The molecule has 1 aromatic carbocycles. The van der Waals surface area contributed by atoms with Gasteiger partial charge < -0.3 is 4.74 Å². The van der Waals surface area contributed by atoms with Crippen LogP contribution in [0.5, 0.6) is 5.75 Å². The SMILES string of the molecule is CCCCCOc1ccc2c(c1)C[C@H](C)C=C2. The molecule has 1 heteroatoms. The van der Waals surface area contributed by atoms with Gasteiger partial charge in [0.15, 0.2) is 0 Å². The van der Waals surface area contributed by atoms with Crippen LogP contribution in [-0.4, -0.2) is 6.61 Å². The first kappa shape index (κ1) is 12.2. The third kappa shape index (κ3) is 3.36. The Balaban J connectivity index is 1.96. The summed E-state index contributed by atoms with van der Waals surface area (Å²) >= 11 is 0. The molecule has 0 heterocycles. The van der Waals surface area contributed by atoms with Gasteiger partial charge in [-0.25, -0.2) is 0 Å². The molecule has 0 saturated carbocycles. The molecule has 0 N–H and O–H groups in total. The zero-order valence-corrected chi connectivity index (χ0v) is 10.9. The van der Waals surface area contributed by atoms with Gasteiger partial charge in [0.25, 0.3) is 0 Å². The largest absolute Gasteiger partial charge is 0.494 e. The molecule has 0 aliphatic heterocycles. The van der Waals surface area contributed by atoms with Crippen molar-refractivity contribution in [1.29, 1.82) is 0 Å². The molecule has 0 spiro atoms. The van der Waals surface area contributed by atoms with Crippen LogP contribution in [0.1, 0.15) is 44.2 Å². The zero-order valence-electron chi connectivity index (χ0n) is 10.9. The Bertz CT molecular complexity index is 393. The lowest BCUT2D eigenvalue weighted by atomic mass is 9.91. The van der Waals surface area contributed by atoms with Gasteiger partial charge in [-0.2, -0.15) is 0 Å². The molecule has 1 atom stereocenters. The van der Waals surface area contributed by atoms with Gasteiger partial charge in [0.2, 0.25) is 0 Å². The summed E-state index contributed by atoms with van der Waals surface area (Å²) in [5, 5.41) is 0. The number of rotatable bonds is 5. The Kier molecular flexibility index (Phi) is 4.24. The smallest absolute Gasteiger partial charge is 0.119 e. The van der Waals surface area contributed by atoms with Crippen LogP contribution in [0.4, 0.5) is 0 Å². The van der Waals surface area contributed by atoms with Gasteiger partial charge in [-0.05, 0) is 42.0 Å². The Labute approximate surface area is 104 Å². The molecule has 17 heavy (non-hydrogen) atoms. The fraction of sp³-hybridized carbons (Fsp3) is 0.500. The molecule has 1 aromatic rings. The summed E-state index contributed by atoms with van der Waals surface area (Å²) in [4.78, 5) is 0. The van der Waals surface area contributed by atoms with Gasteiger partial charge in [-0.3, -0.25) is 0 Å². The lowest BCUT2D eigenvalue weighted by molar-refractivity contribution is 0.306. The summed E-state index contributed by atoms with van der Waals surface area (Å²) in [6.07, 6.45) is 9.30. The standard InChI is InChI=1S/C16H22O/c1-3-4-5-10-17-16-9-8-14-7-6-13(2)11-15(14)12-16/h6-9,12-13H,3-5,10-11H2,1-2H3/t13-/m1/s1. The summed E-state index contributed by atoms with van der Waals surface area (Å²) in [6.45, 7) is 5.32. The third-order valence-electron chi connectivity index (χ3n) is 3.28. The summed E-state index contributed by atoms with van der Waals surface area (Å²) < 4.78 is 5.79. The molecular formula is C16H22O. The predicted molar refractivity (Wildman–Crippen MR) is 73.4 cm³/mol. The Morgan fingerprint density at radius 2 is 2.18 bits per heavy atom. The fourth-order valence-corrected chi connectivity index (χ4v) is 2.24. The molecule has 0 amide bonds. The van der Waals surface area contributed by atoms with Crippen molar-refractivity contribution in [3.05, 3.63) is 35.4 Å². The van der Waals surface area contributed by atoms with Crippen molar-refractivity contribution in [2.24, 2.45) is 5.92 Å². The molecule has 2 rings (SSSR count). The van der Waals surface area contributed by atoms with Crippen LogP contribution in [-0.2, 0) is 6.42 Å². The molecule has 1 aliphatic rings. The summed E-state index contributed by atoms with van der Waals surface area (Å²) in [7, 11) is 0. The number of ether oxygens (including phenoxy) is 1. The average Bonchev–Trinajstić information content (AvgIpc) is 2.34. The van der Waals surface area contributed by atoms with Crippen LogP contribution < -0.4 is 4.74 Å². The minimum absolute atomic E-state index is 0.651. The number of benzene rings is 1. The number of hydrogen-bond acceptors (Lipinski definition) is 1. The van der Waals surface area contributed by atoms with Crippen LogP contribution >= 0.6 is 0 Å². The Hall–Kier alpha value is -1.24. The van der Waals surface area contributed by atoms with Crippen molar-refractivity contribution in [2.75, 3.05) is 6.61 Å². The number of unbranched alkanes of at least 4 members (excludes halogenated alkanes) is 2. The second-order valence-corrected chi connectivity index (χ2v) is 4.96. The van der Waals surface area contributed by atoms with Crippen LogP contribution in [0.2, 0.25) is 0 Å². The van der Waals surface area contributed by atoms with E-state index in [0.29, 0.717) is 5.92 Å². The molecule has 0 aromatic heterocycles. The third-order valence-corrected chi connectivity index (χ3v) is 3.28. The van der Waals surface area contributed by atoms with Crippen LogP contribution in [0.15, 0.2) is 24.3 Å². The predicted octanol–water partition coefficient (Wildman–Crippen LogP) is 4.46. The molecule has 1 aliphatic carbocycles. The van der Waals surface area contributed by atoms with Gasteiger partial charge in [-0.15, -0.1) is 0 Å². The first-order valence-electron chi connectivity index (χ1n) is 6.73. The van der Waals surface area contributed by atoms with Crippen molar-refractivity contribution in [3.8, 4) is 5.75 Å². The van der Waals surface area contributed by atoms with Crippen LogP contribution in [0.25, 0.3) is 6.08 Å². The van der Waals surface area contributed by atoms with E-state index in [9.17, 15) is 0 Å². The highest BCUT2D eigenvalue weighted by Crippen LogP contribution is 2.26. The van der Waals surface area contributed by atoms with E-state index in [4.69, 9.17) is 4.74 Å². The first-order valence-corrected chi connectivity index (χ1v) is 6.73. The Morgan fingerprint density at radius 1 is 1.29 bits per heavy atom. The van der Waals surface area contributed by atoms with E-state index < -0.39 is 0 Å². The maximum Gasteiger partial charge on any atom is 0.119 e. The normalized spacial score (nSPS) is 17.9. The van der Waals surface area contributed by atoms with E-state index in [0.717, 1.165) is 25.2 Å². The van der Waals surface area contributed by atoms with Gasteiger partial charge >= 0.3 is 0 Å². The first-order chi connectivity index (χ1) is 8.29. The highest BCUT2D eigenvalue weighted by Gasteiger charge is 2.10. The molecule has 92 valence electrons. The van der Waals surface area contributed by atoms with Crippen molar-refractivity contribution in [3.63, 3.8) is 0 Å². The maximum atomic E-state index is 5.79. The summed E-state index contributed by atoms with van der Waals surface area (Å²) in [6, 6.07) is 6.47. The lowest BCUT2D eigenvalue weighted by Gasteiger charge is -2.17. The highest BCUT2D eigenvalue weighted by atomic mass is 16.5. The van der Waals surface area contributed by atoms with Crippen molar-refractivity contribution >= 4 is 6.08 Å². The minimum Gasteiger partial charge on any atom is -0.494 e. The number of allylic oxidation sites excluding steroid dienone is 1. The second-order valence-electron chi connectivity index (χ2n) is 4.96. The number of fused-ring (bicyclic) bond motifs is 1. The lowest BCUT2D eigenvalue weighted by Crippen LogP contribution is -2.04. The summed E-state index contributed by atoms with van der Waals surface area (Å²) in [5.41, 5.74) is 2.77. The van der Waals surface area contributed by atoms with Gasteiger partial charge in [-0.1, -0.05) is 44.9 Å². The van der Waals surface area contributed by atoms with E-state index in [2.05, 4.69) is 44.2 Å². The zero-order chi connectivity index (χ0) is 12.1. The molecule has 0 radical (unpaired) electrons. The Morgan fingerprint density at radius 3 is 3.00 bits per heavy atom. The van der Waals surface area contributed by atoms with Gasteiger partial charge in [0, 0.05) is 0 Å². The van der Waals surface area contributed by atoms with Crippen molar-refractivity contribution < 1.29 is 4.74 Å². The van der Waals surface area contributed by atoms with Crippen molar-refractivity contribution in [2.45, 2.75) is 39.5 Å². The molecular weight excluding hydrogens is 208 g/mol. The quantitative estimate of drug-likeness (QED) is 0.678. The minimum atomic E-state index is 0.651. The van der Waals surface area contributed by atoms with E-state index in [1.54, 1.807) is 0 Å². The van der Waals surface area contributed by atoms with Gasteiger partial charge in [0.05, 0.1) is 6.61 Å². The molecule has 0 fully saturated rings. The molecule has 1 nitrogen and oxygen atoms in total. The molecule has 0 saturated heterocycles. The summed E-state index contributed by atoms with van der Waals surface area (Å²) in [5.74, 6) is 1.68. The highest BCUT2D eigenvalue weighted by molar-refractivity contribution is 5.58. The van der Waals surface area contributed by atoms with E-state index >= 15 is 0 Å². The monoisotopic (exact) mass is 230 g/mol. The molecule has 0 bridgehead atoms. The topological polar surface area (TPSA) is 9.23 Å². The van der Waals surface area contributed by atoms with Crippen molar-refractivity contribution in [1.82, 2.24) is 0 Å². The maximum absolute atomic E-state index is 5.79. The van der Waals surface area contributed by atoms with E-state index in [1.807, 2.05) is 0 Å². The van der Waals surface area contributed by atoms with E-state index in [1.165, 1.54) is 24.0 Å². The van der Waals surface area contributed by atoms with Gasteiger partial charge in [0.1, 0.15) is 5.75 Å². The number of hydrogen-bond donors (Lipinski definition) is 0. The fourth-order valence-electron chi connectivity index (χ4n) is 2.24.